The summed E-state index contributed by atoms with van der Waals surface area (Å²) in [7, 11) is 0. The summed E-state index contributed by atoms with van der Waals surface area (Å²) >= 11 is 0.869. The number of carboxylic acids is 1. The lowest BCUT2D eigenvalue weighted by atomic mass is 10.1. The molecule has 29 heavy (non-hydrogen) atoms. The minimum absolute atomic E-state index is 0.198. The van der Waals surface area contributed by atoms with Crippen molar-refractivity contribution in [3.8, 4) is 11.3 Å². The number of rotatable bonds is 7. The fourth-order valence-corrected chi connectivity index (χ4v) is 3.55. The van der Waals surface area contributed by atoms with E-state index in [-0.39, 0.29) is 16.8 Å². The number of aryl methyl sites for hydroxylation is 1. The molecule has 0 aliphatic carbocycles. The van der Waals surface area contributed by atoms with E-state index in [0.29, 0.717) is 23.7 Å². The predicted octanol–water partition coefficient (Wildman–Crippen LogP) is 5.35. The summed E-state index contributed by atoms with van der Waals surface area (Å²) in [6.07, 6.45) is 2.04. The standard InChI is InChI=1S/C21H19F2N3O2S/c1-3-9-26(24-12-15-7-8-16(22)11-17(15)20(27)28)21-25-18(19(23)29-21)14-6-4-5-13(2)10-14/h4-8,10-12H,3,9H2,1-2H3,(H,27,28)/b24-12+. The highest BCUT2D eigenvalue weighted by atomic mass is 32.1. The highest BCUT2D eigenvalue weighted by Gasteiger charge is 2.18. The molecule has 8 heteroatoms. The highest BCUT2D eigenvalue weighted by Crippen LogP contribution is 2.32. The van der Waals surface area contributed by atoms with Gasteiger partial charge in [-0.05, 0) is 37.6 Å². The Labute approximate surface area is 171 Å². The monoisotopic (exact) mass is 415 g/mol. The van der Waals surface area contributed by atoms with Crippen LogP contribution < -0.4 is 5.01 Å². The molecule has 0 spiro atoms. The molecule has 0 radical (unpaired) electrons. The molecule has 0 aliphatic heterocycles. The predicted molar refractivity (Wildman–Crippen MR) is 111 cm³/mol. The van der Waals surface area contributed by atoms with Crippen LogP contribution in [0.4, 0.5) is 13.9 Å². The second-order valence-electron chi connectivity index (χ2n) is 6.39. The Bertz CT molecular complexity index is 1070. The molecule has 0 amide bonds. The van der Waals surface area contributed by atoms with Gasteiger partial charge in [0.1, 0.15) is 11.5 Å². The number of thiazole rings is 1. The largest absolute Gasteiger partial charge is 0.478 e. The fraction of sp³-hybridized carbons (Fsp3) is 0.190. The topological polar surface area (TPSA) is 65.8 Å². The second kappa shape index (κ2) is 8.91. The fourth-order valence-electron chi connectivity index (χ4n) is 2.74. The summed E-state index contributed by atoms with van der Waals surface area (Å²) in [5.74, 6) is -1.90. The van der Waals surface area contributed by atoms with Gasteiger partial charge in [-0.25, -0.2) is 19.2 Å². The molecule has 1 aromatic heterocycles. The van der Waals surface area contributed by atoms with E-state index in [1.807, 2.05) is 32.0 Å². The summed E-state index contributed by atoms with van der Waals surface area (Å²) in [6, 6.07) is 10.8. The van der Waals surface area contributed by atoms with Crippen LogP contribution in [0.2, 0.25) is 0 Å². The Hall–Kier alpha value is -3.13. The number of carbonyl (C=O) groups is 1. The van der Waals surface area contributed by atoms with Gasteiger partial charge in [-0.2, -0.15) is 9.49 Å². The van der Waals surface area contributed by atoms with Crippen LogP contribution in [0.15, 0.2) is 47.6 Å². The van der Waals surface area contributed by atoms with E-state index in [1.54, 1.807) is 6.07 Å². The minimum atomic E-state index is -1.25. The number of anilines is 1. The molecular weight excluding hydrogens is 396 g/mol. The number of halogens is 2. The van der Waals surface area contributed by atoms with E-state index < -0.39 is 16.9 Å². The van der Waals surface area contributed by atoms with Gasteiger partial charge in [-0.1, -0.05) is 42.0 Å². The number of hydrogen-bond acceptors (Lipinski definition) is 5. The average Bonchev–Trinajstić information content (AvgIpc) is 3.07. The van der Waals surface area contributed by atoms with Crippen molar-refractivity contribution >= 4 is 28.7 Å². The number of carboxylic acid groups (broad SMARTS) is 1. The first-order valence-corrected chi connectivity index (χ1v) is 9.78. The summed E-state index contributed by atoms with van der Waals surface area (Å²) in [5.41, 5.74) is 1.97. The molecule has 0 atom stereocenters. The Kier molecular flexibility index (Phi) is 6.33. The normalized spacial score (nSPS) is 11.2. The molecule has 0 bridgehead atoms. The van der Waals surface area contributed by atoms with Gasteiger partial charge in [0.25, 0.3) is 0 Å². The number of hydrazone groups is 1. The average molecular weight is 415 g/mol. The Morgan fingerprint density at radius 1 is 1.28 bits per heavy atom. The first-order valence-electron chi connectivity index (χ1n) is 8.96. The van der Waals surface area contributed by atoms with Crippen LogP contribution >= 0.6 is 11.3 Å². The lowest BCUT2D eigenvalue weighted by molar-refractivity contribution is 0.0696. The Morgan fingerprint density at radius 2 is 2.07 bits per heavy atom. The molecule has 5 nitrogen and oxygen atoms in total. The molecule has 2 aromatic carbocycles. The SMILES string of the molecule is CCCN(/N=C/c1ccc(F)cc1C(=O)O)c1nc(-c2cccc(C)c2)c(F)s1. The summed E-state index contributed by atoms with van der Waals surface area (Å²) < 4.78 is 27.9. The van der Waals surface area contributed by atoms with Gasteiger partial charge in [-0.3, -0.25) is 0 Å². The molecule has 0 saturated carbocycles. The summed E-state index contributed by atoms with van der Waals surface area (Å²) in [6.45, 7) is 4.32. The van der Waals surface area contributed by atoms with Crippen LogP contribution in [0.25, 0.3) is 11.3 Å². The molecule has 0 unspecified atom stereocenters. The van der Waals surface area contributed by atoms with Crippen molar-refractivity contribution in [2.75, 3.05) is 11.6 Å². The third-order valence-electron chi connectivity index (χ3n) is 4.10. The zero-order chi connectivity index (χ0) is 21.0. The zero-order valence-corrected chi connectivity index (χ0v) is 16.7. The molecule has 1 N–H and O–H groups in total. The van der Waals surface area contributed by atoms with Gasteiger partial charge in [0, 0.05) is 17.7 Å². The molecule has 1 heterocycles. The van der Waals surface area contributed by atoms with Crippen molar-refractivity contribution in [3.63, 3.8) is 0 Å². The smallest absolute Gasteiger partial charge is 0.336 e. The van der Waals surface area contributed by atoms with Gasteiger partial charge in [0.15, 0.2) is 0 Å². The van der Waals surface area contributed by atoms with Crippen molar-refractivity contribution in [1.29, 1.82) is 0 Å². The molecule has 3 rings (SSSR count). The van der Waals surface area contributed by atoms with E-state index in [1.165, 1.54) is 17.3 Å². The minimum Gasteiger partial charge on any atom is -0.478 e. The van der Waals surface area contributed by atoms with Crippen molar-refractivity contribution in [1.82, 2.24) is 4.98 Å². The number of aromatic nitrogens is 1. The molecular formula is C21H19F2N3O2S. The van der Waals surface area contributed by atoms with Gasteiger partial charge in [0.2, 0.25) is 10.3 Å². The molecule has 0 saturated heterocycles. The van der Waals surface area contributed by atoms with E-state index >= 15 is 0 Å². The van der Waals surface area contributed by atoms with Gasteiger partial charge >= 0.3 is 5.97 Å². The van der Waals surface area contributed by atoms with Crippen LogP contribution in [-0.4, -0.2) is 28.8 Å². The third kappa shape index (κ3) is 4.83. The molecule has 0 aliphatic rings. The van der Waals surface area contributed by atoms with E-state index in [2.05, 4.69) is 10.1 Å². The second-order valence-corrected chi connectivity index (χ2v) is 7.32. The van der Waals surface area contributed by atoms with Crippen molar-refractivity contribution in [3.05, 3.63) is 70.1 Å². The molecule has 150 valence electrons. The van der Waals surface area contributed by atoms with Crippen molar-refractivity contribution in [2.45, 2.75) is 20.3 Å². The summed E-state index contributed by atoms with van der Waals surface area (Å²) in [5, 5.41) is 15.0. The van der Waals surface area contributed by atoms with Crippen LogP contribution in [0, 0.1) is 17.9 Å². The first kappa shape index (κ1) is 20.6. The molecule has 0 fully saturated rings. The van der Waals surface area contributed by atoms with Crippen molar-refractivity contribution in [2.24, 2.45) is 5.10 Å². The number of nitrogens with zero attached hydrogens (tertiary/aromatic N) is 3. The number of hydrogen-bond donors (Lipinski definition) is 1. The lowest BCUT2D eigenvalue weighted by Crippen LogP contribution is -2.17. The maximum Gasteiger partial charge on any atom is 0.336 e. The van der Waals surface area contributed by atoms with Crippen LogP contribution in [-0.2, 0) is 0 Å². The summed E-state index contributed by atoms with van der Waals surface area (Å²) in [4.78, 5) is 15.7. The number of aromatic carboxylic acids is 1. The van der Waals surface area contributed by atoms with Gasteiger partial charge in [-0.15, -0.1) is 0 Å². The lowest BCUT2D eigenvalue weighted by Gasteiger charge is -2.14. The van der Waals surface area contributed by atoms with Gasteiger partial charge < -0.3 is 5.11 Å². The maximum atomic E-state index is 14.6. The quantitative estimate of drug-likeness (QED) is 0.418. The zero-order valence-electron chi connectivity index (χ0n) is 15.9. The van der Waals surface area contributed by atoms with Crippen LogP contribution in [0.3, 0.4) is 0 Å². The number of benzene rings is 2. The first-order chi connectivity index (χ1) is 13.9. The highest BCUT2D eigenvalue weighted by molar-refractivity contribution is 7.14. The maximum absolute atomic E-state index is 14.6. The van der Waals surface area contributed by atoms with Crippen molar-refractivity contribution < 1.29 is 18.7 Å². The molecule has 3 aromatic rings. The third-order valence-corrected chi connectivity index (χ3v) is 4.96. The Morgan fingerprint density at radius 3 is 2.76 bits per heavy atom. The van der Waals surface area contributed by atoms with Crippen LogP contribution in [0.5, 0.6) is 0 Å². The van der Waals surface area contributed by atoms with E-state index in [9.17, 15) is 18.7 Å². The van der Waals surface area contributed by atoms with Gasteiger partial charge in [0.05, 0.1) is 11.8 Å². The van der Waals surface area contributed by atoms with E-state index in [4.69, 9.17) is 0 Å². The van der Waals surface area contributed by atoms with E-state index in [0.717, 1.165) is 29.0 Å². The van der Waals surface area contributed by atoms with Crippen LogP contribution in [0.1, 0.15) is 34.8 Å². The Balaban J connectivity index is 1.94.